The number of morpholine rings is 1. The van der Waals surface area contributed by atoms with Crippen LogP contribution in [0.4, 0.5) is 0 Å². The Hall–Kier alpha value is -0.830. The molecule has 1 saturated carbocycles. The number of hydrogen-bond donors (Lipinski definition) is 1. The summed E-state index contributed by atoms with van der Waals surface area (Å²) >= 11 is 0. The maximum atomic E-state index is 10.9. The summed E-state index contributed by atoms with van der Waals surface area (Å²) in [4.78, 5) is 10.9. The molecule has 66 valence electrons. The van der Waals surface area contributed by atoms with Crippen LogP contribution in [-0.2, 0) is 9.53 Å². The molecular formula is C9H13NO2. The lowest BCUT2D eigenvalue weighted by atomic mass is 9.88. The fraction of sp³-hybridized carbons (Fsp3) is 0.667. The zero-order chi connectivity index (χ0) is 8.55. The highest BCUT2D eigenvalue weighted by atomic mass is 16.5. The number of carbonyl (C=O) groups excluding carboxylic acids is 1. The molecule has 0 aromatic carbocycles. The van der Waals surface area contributed by atoms with E-state index in [0.717, 1.165) is 19.3 Å². The predicted molar refractivity (Wildman–Crippen MR) is 44.7 cm³/mol. The third-order valence-corrected chi connectivity index (χ3v) is 2.52. The lowest BCUT2D eigenvalue weighted by molar-refractivity contribution is -0.137. The zero-order valence-corrected chi connectivity index (χ0v) is 7.01. The molecule has 2 atom stereocenters. The van der Waals surface area contributed by atoms with Crippen LogP contribution in [-0.4, -0.2) is 24.7 Å². The van der Waals surface area contributed by atoms with Crippen molar-refractivity contribution in [1.82, 2.24) is 5.32 Å². The van der Waals surface area contributed by atoms with Crippen molar-refractivity contribution in [1.29, 1.82) is 0 Å². The van der Waals surface area contributed by atoms with E-state index in [9.17, 15) is 4.79 Å². The monoisotopic (exact) mass is 167 g/mol. The third kappa shape index (κ3) is 1.37. The van der Waals surface area contributed by atoms with Gasteiger partial charge >= 0.3 is 0 Å². The van der Waals surface area contributed by atoms with Crippen molar-refractivity contribution in [3.8, 4) is 0 Å². The van der Waals surface area contributed by atoms with Crippen molar-refractivity contribution in [2.75, 3.05) is 6.61 Å². The first-order valence-corrected chi connectivity index (χ1v) is 4.33. The first kappa shape index (κ1) is 7.80. The van der Waals surface area contributed by atoms with E-state index in [0.29, 0.717) is 0 Å². The van der Waals surface area contributed by atoms with Crippen molar-refractivity contribution in [2.24, 2.45) is 0 Å². The van der Waals surface area contributed by atoms with Crippen molar-refractivity contribution in [3.05, 3.63) is 12.2 Å². The van der Waals surface area contributed by atoms with Crippen molar-refractivity contribution < 1.29 is 9.53 Å². The number of carbonyl (C=O) groups is 1. The molecular weight excluding hydrogens is 154 g/mol. The molecule has 0 aromatic heterocycles. The summed E-state index contributed by atoms with van der Waals surface area (Å²) in [6, 6.07) is 0.233. The smallest absolute Gasteiger partial charge is 0.246 e. The van der Waals surface area contributed by atoms with Gasteiger partial charge in [-0.05, 0) is 19.3 Å². The minimum Gasteiger partial charge on any atom is -0.366 e. The Morgan fingerprint density at radius 2 is 2.42 bits per heavy atom. The summed E-state index contributed by atoms with van der Waals surface area (Å²) in [7, 11) is 0. The van der Waals surface area contributed by atoms with Gasteiger partial charge in [0.25, 0.3) is 0 Å². The van der Waals surface area contributed by atoms with Crippen molar-refractivity contribution in [3.63, 3.8) is 0 Å². The summed E-state index contributed by atoms with van der Waals surface area (Å²) in [5, 5.41) is 2.93. The minimum absolute atomic E-state index is 0.0174. The van der Waals surface area contributed by atoms with Crippen LogP contribution in [0.1, 0.15) is 19.3 Å². The molecule has 2 unspecified atom stereocenters. The van der Waals surface area contributed by atoms with Gasteiger partial charge in [0, 0.05) is 0 Å². The highest BCUT2D eigenvalue weighted by molar-refractivity contribution is 5.78. The molecule has 1 saturated heterocycles. The third-order valence-electron chi connectivity index (χ3n) is 2.52. The Labute approximate surface area is 71.8 Å². The first-order valence-electron chi connectivity index (χ1n) is 4.33. The van der Waals surface area contributed by atoms with Crippen LogP contribution in [0.2, 0.25) is 0 Å². The number of fused-ring (bicyclic) bond motifs is 1. The van der Waals surface area contributed by atoms with Crippen LogP contribution in [0, 0.1) is 0 Å². The second kappa shape index (κ2) is 2.90. The van der Waals surface area contributed by atoms with Gasteiger partial charge in [-0.25, -0.2) is 0 Å². The second-order valence-electron chi connectivity index (χ2n) is 3.52. The van der Waals surface area contributed by atoms with Gasteiger partial charge in [0.15, 0.2) is 0 Å². The Kier molecular flexibility index (Phi) is 1.89. The van der Waals surface area contributed by atoms with Crippen LogP contribution < -0.4 is 5.32 Å². The number of ether oxygens (including phenoxy) is 1. The Morgan fingerprint density at radius 3 is 3.25 bits per heavy atom. The van der Waals surface area contributed by atoms with E-state index in [-0.39, 0.29) is 24.7 Å². The van der Waals surface area contributed by atoms with Gasteiger partial charge in [-0.3, -0.25) is 4.79 Å². The van der Waals surface area contributed by atoms with Gasteiger partial charge in [-0.1, -0.05) is 12.2 Å². The molecule has 1 N–H and O–H groups in total. The molecule has 2 aliphatic rings. The van der Waals surface area contributed by atoms with Crippen LogP contribution in [0.5, 0.6) is 0 Å². The van der Waals surface area contributed by atoms with Gasteiger partial charge in [0.2, 0.25) is 5.91 Å². The van der Waals surface area contributed by atoms with Gasteiger partial charge < -0.3 is 10.1 Å². The SMILES string of the molecule is C=C1CCC2NC(=O)COC2C1. The fourth-order valence-electron chi connectivity index (χ4n) is 1.85. The summed E-state index contributed by atoms with van der Waals surface area (Å²) in [6.45, 7) is 4.15. The van der Waals surface area contributed by atoms with E-state index in [4.69, 9.17) is 4.74 Å². The topological polar surface area (TPSA) is 38.3 Å². The Bertz CT molecular complexity index is 201. The number of rotatable bonds is 0. The quantitative estimate of drug-likeness (QED) is 0.537. The van der Waals surface area contributed by atoms with Crippen LogP contribution in [0.15, 0.2) is 12.2 Å². The average molecular weight is 167 g/mol. The average Bonchev–Trinajstić information content (AvgIpc) is 2.05. The summed E-state index contributed by atoms with van der Waals surface area (Å²) in [6.07, 6.45) is 3.09. The lowest BCUT2D eigenvalue weighted by Gasteiger charge is -2.36. The summed E-state index contributed by atoms with van der Waals surface area (Å²) in [5.41, 5.74) is 1.24. The molecule has 2 rings (SSSR count). The van der Waals surface area contributed by atoms with Crippen molar-refractivity contribution in [2.45, 2.75) is 31.4 Å². The molecule has 3 heteroatoms. The van der Waals surface area contributed by atoms with E-state index in [2.05, 4.69) is 11.9 Å². The normalized spacial score (nSPS) is 35.7. The molecule has 1 heterocycles. The van der Waals surface area contributed by atoms with Gasteiger partial charge in [0.1, 0.15) is 6.61 Å². The van der Waals surface area contributed by atoms with Crippen molar-refractivity contribution >= 4 is 5.91 Å². The van der Waals surface area contributed by atoms with Gasteiger partial charge in [0.05, 0.1) is 12.1 Å². The van der Waals surface area contributed by atoms with E-state index >= 15 is 0 Å². The van der Waals surface area contributed by atoms with Crippen LogP contribution >= 0.6 is 0 Å². The summed E-state index contributed by atoms with van der Waals surface area (Å²) in [5.74, 6) is 0.0174. The largest absolute Gasteiger partial charge is 0.366 e. The van der Waals surface area contributed by atoms with Crippen LogP contribution in [0.25, 0.3) is 0 Å². The zero-order valence-electron chi connectivity index (χ0n) is 7.01. The highest BCUT2D eigenvalue weighted by Crippen LogP contribution is 2.26. The first-order chi connectivity index (χ1) is 5.75. The second-order valence-corrected chi connectivity index (χ2v) is 3.52. The molecule has 3 nitrogen and oxygen atoms in total. The minimum atomic E-state index is 0.0174. The summed E-state index contributed by atoms with van der Waals surface area (Å²) < 4.78 is 5.39. The van der Waals surface area contributed by atoms with E-state index in [1.807, 2.05) is 0 Å². The number of hydrogen-bond acceptors (Lipinski definition) is 2. The highest BCUT2D eigenvalue weighted by Gasteiger charge is 2.32. The Balaban J connectivity index is 2.02. The van der Waals surface area contributed by atoms with Crippen LogP contribution in [0.3, 0.4) is 0 Å². The fourth-order valence-corrected chi connectivity index (χ4v) is 1.85. The molecule has 2 fully saturated rings. The Morgan fingerprint density at radius 1 is 1.58 bits per heavy atom. The molecule has 1 aliphatic heterocycles. The molecule has 0 spiro atoms. The van der Waals surface area contributed by atoms with E-state index in [1.165, 1.54) is 5.57 Å². The molecule has 12 heavy (non-hydrogen) atoms. The maximum Gasteiger partial charge on any atom is 0.246 e. The lowest BCUT2D eigenvalue weighted by Crippen LogP contribution is -2.53. The number of amides is 1. The molecule has 0 aromatic rings. The molecule has 0 bridgehead atoms. The molecule has 0 radical (unpaired) electrons. The molecule has 1 amide bonds. The van der Waals surface area contributed by atoms with Gasteiger partial charge in [-0.2, -0.15) is 0 Å². The maximum absolute atomic E-state index is 10.9. The van der Waals surface area contributed by atoms with E-state index < -0.39 is 0 Å². The predicted octanol–water partition coefficient (Wildman–Crippen LogP) is 0.610. The van der Waals surface area contributed by atoms with E-state index in [1.54, 1.807) is 0 Å². The van der Waals surface area contributed by atoms with Gasteiger partial charge in [-0.15, -0.1) is 0 Å². The number of nitrogens with one attached hydrogen (secondary N) is 1. The molecule has 1 aliphatic carbocycles. The standard InChI is InChI=1S/C9H13NO2/c1-6-2-3-7-8(4-6)12-5-9(11)10-7/h7-8H,1-5H2,(H,10,11).